The van der Waals surface area contributed by atoms with Crippen molar-refractivity contribution in [2.24, 2.45) is 5.40 Å². The van der Waals surface area contributed by atoms with Crippen LogP contribution in [-0.2, 0) is 4.43 Å². The van der Waals surface area contributed by atoms with Crippen molar-refractivity contribution in [1.82, 2.24) is 0 Å². The minimum absolute atomic E-state index is 0.874. The van der Waals surface area contributed by atoms with Crippen molar-refractivity contribution in [3.8, 4) is 0 Å². The second kappa shape index (κ2) is 2.38. The van der Waals surface area contributed by atoms with Crippen LogP contribution in [0, 0.1) is 0 Å². The fourth-order valence-electron chi connectivity index (χ4n) is 0. The Bertz CT molecular complexity index is 23.6. The third-order valence-corrected chi connectivity index (χ3v) is 0.966. The Labute approximate surface area is 33.7 Å². The summed E-state index contributed by atoms with van der Waals surface area (Å²) in [6.07, 6.45) is 0. The third kappa shape index (κ3) is 4.14. The molecule has 0 rings (SSSR count). The lowest BCUT2D eigenvalue weighted by molar-refractivity contribution is 0.426. The van der Waals surface area contributed by atoms with Crippen molar-refractivity contribution in [2.45, 2.75) is 6.55 Å². The Hall–Kier alpha value is 0.137. The molecule has 2 nitrogen and oxygen atoms in total. The fourth-order valence-corrected chi connectivity index (χ4v) is 0. The summed E-state index contributed by atoms with van der Waals surface area (Å²) in [6, 6.07) is 0. The van der Waals surface area contributed by atoms with Gasteiger partial charge in [-0.3, -0.25) is 0 Å². The summed E-state index contributed by atoms with van der Waals surface area (Å²) < 4.78 is 4.63. The monoisotopic (exact) mass is 90.0 g/mol. The minimum atomic E-state index is -0.874. The Morgan fingerprint density at radius 1 is 1.80 bits per heavy atom. The van der Waals surface area contributed by atoms with Gasteiger partial charge in [0.2, 0.25) is 0 Å². The number of nitrogens with two attached hydrogens (primary N) is 1. The van der Waals surface area contributed by atoms with Gasteiger partial charge in [-0.25, -0.2) is 0 Å². The molecule has 0 aliphatic heterocycles. The number of rotatable bonds is 1. The van der Waals surface area contributed by atoms with Crippen LogP contribution in [0.2, 0.25) is 6.55 Å². The molecule has 3 heteroatoms. The Morgan fingerprint density at radius 3 is 2.00 bits per heavy atom. The minimum Gasteiger partial charge on any atom is -0.406 e. The maximum atomic E-state index is 5.17. The number of hydrogen-bond acceptors (Lipinski definition) is 2. The molecular weight excluding hydrogens is 82.1 g/mol. The first-order valence-corrected chi connectivity index (χ1v) is 3.39. The number of hydrogen-bond donors (Lipinski definition) is 1. The average Bonchev–Trinajstić information content (AvgIpc) is 1.38. The predicted octanol–water partition coefficient (Wildman–Crippen LogP) is -0.291. The lowest BCUT2D eigenvalue weighted by atomic mass is 11.8. The summed E-state index contributed by atoms with van der Waals surface area (Å²) in [5.74, 6) is 0. The summed E-state index contributed by atoms with van der Waals surface area (Å²) in [7, 11) is 0.745. The zero-order valence-electron chi connectivity index (χ0n) is 3.49. The van der Waals surface area contributed by atoms with Gasteiger partial charge in [-0.05, 0) is 6.55 Å². The van der Waals surface area contributed by atoms with Gasteiger partial charge in [0.15, 0.2) is 0 Å². The first-order valence-electron chi connectivity index (χ1n) is 1.40. The van der Waals surface area contributed by atoms with Gasteiger partial charge < -0.3 is 9.83 Å². The van der Waals surface area contributed by atoms with Crippen LogP contribution in [0.4, 0.5) is 0 Å². The quantitative estimate of drug-likeness (QED) is 0.449. The molecule has 0 spiro atoms. The smallest absolute Gasteiger partial charge is 0.296 e. The van der Waals surface area contributed by atoms with Crippen LogP contribution in [0.15, 0.2) is 0 Å². The second-order valence-electron chi connectivity index (χ2n) is 0.815. The summed E-state index contributed by atoms with van der Waals surface area (Å²) in [6.45, 7) is 1.88. The van der Waals surface area contributed by atoms with Crippen LogP contribution in [0.25, 0.3) is 0 Å². The van der Waals surface area contributed by atoms with E-state index < -0.39 is 9.20 Å². The lowest BCUT2D eigenvalue weighted by Crippen LogP contribution is -2.22. The molecule has 0 aromatic heterocycles. The first-order chi connectivity index (χ1) is 2.27. The molecule has 0 aliphatic carbocycles. The Kier molecular flexibility index (Phi) is 2.44. The van der Waals surface area contributed by atoms with Gasteiger partial charge in [0, 0.05) is 7.11 Å². The van der Waals surface area contributed by atoms with Gasteiger partial charge in [0.05, 0.1) is 0 Å². The highest BCUT2D eigenvalue weighted by atomic mass is 28.3. The molecular formula is C2H8NOSi. The Morgan fingerprint density at radius 2 is 2.00 bits per heavy atom. The third-order valence-electron chi connectivity index (χ3n) is 0.322. The highest BCUT2D eigenvalue weighted by Crippen LogP contribution is 1.61. The SMILES string of the molecule is CO[Si](C)N. The van der Waals surface area contributed by atoms with E-state index in [0.29, 0.717) is 0 Å². The van der Waals surface area contributed by atoms with Crippen LogP contribution >= 0.6 is 0 Å². The molecule has 0 saturated carbocycles. The van der Waals surface area contributed by atoms with Gasteiger partial charge in [-0.2, -0.15) is 0 Å². The van der Waals surface area contributed by atoms with E-state index in [4.69, 9.17) is 5.40 Å². The maximum absolute atomic E-state index is 5.17. The van der Waals surface area contributed by atoms with Crippen LogP contribution < -0.4 is 5.40 Å². The molecule has 2 N–H and O–H groups in total. The second-order valence-corrected chi connectivity index (χ2v) is 2.44. The van der Waals surface area contributed by atoms with E-state index in [1.54, 1.807) is 7.11 Å². The molecule has 0 aliphatic rings. The fraction of sp³-hybridized carbons (Fsp3) is 1.00. The normalized spacial score (nSPS) is 9.60. The van der Waals surface area contributed by atoms with Crippen LogP contribution in [-0.4, -0.2) is 16.3 Å². The molecule has 31 valence electrons. The van der Waals surface area contributed by atoms with Gasteiger partial charge in [0.1, 0.15) is 0 Å². The predicted molar refractivity (Wildman–Crippen MR) is 22.8 cm³/mol. The lowest BCUT2D eigenvalue weighted by Gasteiger charge is -1.90. The zero-order valence-corrected chi connectivity index (χ0v) is 4.49. The van der Waals surface area contributed by atoms with Gasteiger partial charge in [-0.1, -0.05) is 0 Å². The standard InChI is InChI=1S/C2H8NOSi/c1-4-5(2)3/h3H2,1-2H3. The molecule has 0 bridgehead atoms. The van der Waals surface area contributed by atoms with Crippen LogP contribution in [0.5, 0.6) is 0 Å². The van der Waals surface area contributed by atoms with Crippen molar-refractivity contribution >= 4 is 9.20 Å². The first kappa shape index (κ1) is 5.14. The highest BCUT2D eigenvalue weighted by molar-refractivity contribution is 6.45. The van der Waals surface area contributed by atoms with E-state index >= 15 is 0 Å². The zero-order chi connectivity index (χ0) is 4.28. The van der Waals surface area contributed by atoms with Crippen molar-refractivity contribution in [2.75, 3.05) is 7.11 Å². The van der Waals surface area contributed by atoms with E-state index in [1.807, 2.05) is 6.55 Å². The molecule has 0 aromatic rings. The van der Waals surface area contributed by atoms with Crippen molar-refractivity contribution in [3.05, 3.63) is 0 Å². The van der Waals surface area contributed by atoms with Gasteiger partial charge >= 0.3 is 0 Å². The van der Waals surface area contributed by atoms with Crippen LogP contribution in [0.3, 0.4) is 0 Å². The van der Waals surface area contributed by atoms with Crippen molar-refractivity contribution in [1.29, 1.82) is 0 Å². The summed E-state index contributed by atoms with van der Waals surface area (Å²) >= 11 is 0. The summed E-state index contributed by atoms with van der Waals surface area (Å²) in [5, 5.41) is 5.17. The van der Waals surface area contributed by atoms with Gasteiger partial charge in [-0.15, -0.1) is 0 Å². The van der Waals surface area contributed by atoms with E-state index in [1.165, 1.54) is 0 Å². The molecule has 5 heavy (non-hydrogen) atoms. The summed E-state index contributed by atoms with van der Waals surface area (Å²) in [5.41, 5.74) is 0. The summed E-state index contributed by atoms with van der Waals surface area (Å²) in [4.78, 5) is 0. The molecule has 0 heterocycles. The van der Waals surface area contributed by atoms with Gasteiger partial charge in [0.25, 0.3) is 9.20 Å². The van der Waals surface area contributed by atoms with E-state index in [0.717, 1.165) is 0 Å². The van der Waals surface area contributed by atoms with E-state index in [9.17, 15) is 0 Å². The van der Waals surface area contributed by atoms with Crippen LogP contribution in [0.1, 0.15) is 0 Å². The van der Waals surface area contributed by atoms with E-state index in [-0.39, 0.29) is 0 Å². The topological polar surface area (TPSA) is 35.2 Å². The highest BCUT2D eigenvalue weighted by Gasteiger charge is 1.86. The molecule has 0 amide bonds. The largest absolute Gasteiger partial charge is 0.406 e. The Balaban J connectivity index is 2.54. The molecule has 0 fully saturated rings. The molecule has 0 atom stereocenters. The molecule has 1 radical (unpaired) electrons. The molecule has 0 unspecified atom stereocenters. The maximum Gasteiger partial charge on any atom is 0.296 e. The molecule has 0 aromatic carbocycles. The van der Waals surface area contributed by atoms with Crippen molar-refractivity contribution in [3.63, 3.8) is 0 Å². The van der Waals surface area contributed by atoms with Crippen molar-refractivity contribution < 1.29 is 4.43 Å². The molecule has 0 saturated heterocycles. The van der Waals surface area contributed by atoms with E-state index in [2.05, 4.69) is 4.43 Å². The average molecular weight is 90.2 g/mol.